The number of hydrogen-bond donors (Lipinski definition) is 3. The van der Waals surface area contributed by atoms with Gasteiger partial charge in [-0.05, 0) is 50.4 Å². The van der Waals surface area contributed by atoms with Crippen LogP contribution in [0.3, 0.4) is 0 Å². The van der Waals surface area contributed by atoms with E-state index in [0.717, 1.165) is 24.3 Å². The van der Waals surface area contributed by atoms with Crippen molar-refractivity contribution in [3.8, 4) is 5.75 Å². The highest BCUT2D eigenvalue weighted by Gasteiger charge is 2.34. The molecule has 0 bridgehead atoms. The second kappa shape index (κ2) is 9.85. The van der Waals surface area contributed by atoms with Crippen LogP contribution in [0, 0.1) is 11.7 Å². The first kappa shape index (κ1) is 24.0. The summed E-state index contributed by atoms with van der Waals surface area (Å²) in [6.45, 7) is 4.32. The van der Waals surface area contributed by atoms with Crippen LogP contribution in [0.25, 0.3) is 0 Å². The smallest absolute Gasteiger partial charge is 0.262 e. The normalized spacial score (nSPS) is 20.0. The van der Waals surface area contributed by atoms with E-state index in [2.05, 4.69) is 10.0 Å². The number of ether oxygens (including phenoxy) is 1. The lowest BCUT2D eigenvalue weighted by atomic mass is 9.99. The molecule has 2 aromatic carbocycles. The van der Waals surface area contributed by atoms with Crippen LogP contribution in [-0.2, 0) is 10.0 Å². The minimum atomic E-state index is -4.06. The Kier molecular flexibility index (Phi) is 7.37. The van der Waals surface area contributed by atoms with Gasteiger partial charge in [0.25, 0.3) is 15.9 Å². The van der Waals surface area contributed by atoms with E-state index in [9.17, 15) is 22.7 Å². The highest BCUT2D eigenvalue weighted by Crippen LogP contribution is 2.35. The number of anilines is 1. The molecule has 0 unspecified atom stereocenters. The quantitative estimate of drug-likeness (QED) is 0.578. The van der Waals surface area contributed by atoms with Crippen molar-refractivity contribution >= 4 is 21.6 Å². The Bertz CT molecular complexity index is 1060. The van der Waals surface area contributed by atoms with Crippen molar-refractivity contribution < 1.29 is 27.4 Å². The van der Waals surface area contributed by atoms with Crippen LogP contribution in [-0.4, -0.2) is 63.2 Å². The average Bonchev–Trinajstić information content (AvgIpc) is 2.76. The number of likely N-dealkylation sites (N-methyl/N-ethyl adjacent to an activating group) is 1. The summed E-state index contributed by atoms with van der Waals surface area (Å²) in [7, 11) is -2.28. The molecule has 3 N–H and O–H groups in total. The summed E-state index contributed by atoms with van der Waals surface area (Å²) in [4.78, 5) is 14.8. The number of rotatable bonds is 7. The van der Waals surface area contributed by atoms with Gasteiger partial charge < -0.3 is 20.1 Å². The molecule has 3 atom stereocenters. The number of amides is 1. The van der Waals surface area contributed by atoms with Gasteiger partial charge in [0.1, 0.15) is 11.9 Å². The Labute approximate surface area is 187 Å². The lowest BCUT2D eigenvalue weighted by molar-refractivity contribution is 0.0417. The zero-order valence-electron chi connectivity index (χ0n) is 18.2. The van der Waals surface area contributed by atoms with Crippen LogP contribution in [0.15, 0.2) is 47.4 Å². The van der Waals surface area contributed by atoms with Crippen molar-refractivity contribution in [2.45, 2.75) is 30.9 Å². The van der Waals surface area contributed by atoms with E-state index < -0.39 is 21.9 Å². The molecule has 0 radical (unpaired) electrons. The van der Waals surface area contributed by atoms with Crippen molar-refractivity contribution in [3.05, 3.63) is 53.8 Å². The molecule has 174 valence electrons. The van der Waals surface area contributed by atoms with E-state index >= 15 is 0 Å². The lowest BCUT2D eigenvalue weighted by Gasteiger charge is -2.37. The molecule has 32 heavy (non-hydrogen) atoms. The third-order valence-corrected chi connectivity index (χ3v) is 6.85. The van der Waals surface area contributed by atoms with E-state index in [-0.39, 0.29) is 46.4 Å². The Balaban J connectivity index is 2.08. The topological polar surface area (TPSA) is 108 Å². The maximum atomic E-state index is 13.3. The summed E-state index contributed by atoms with van der Waals surface area (Å²) in [6.07, 6.45) is -0.364. The first-order valence-electron chi connectivity index (χ1n) is 10.3. The van der Waals surface area contributed by atoms with Gasteiger partial charge in [-0.15, -0.1) is 0 Å². The van der Waals surface area contributed by atoms with Crippen molar-refractivity contribution in [3.63, 3.8) is 0 Å². The van der Waals surface area contributed by atoms with Gasteiger partial charge in [-0.25, -0.2) is 12.8 Å². The predicted molar refractivity (Wildman–Crippen MR) is 119 cm³/mol. The third kappa shape index (κ3) is 5.03. The average molecular weight is 466 g/mol. The maximum Gasteiger partial charge on any atom is 0.262 e. The van der Waals surface area contributed by atoms with Crippen LogP contribution in [0.2, 0.25) is 0 Å². The van der Waals surface area contributed by atoms with E-state index in [0.29, 0.717) is 13.1 Å². The monoisotopic (exact) mass is 465 g/mol. The minimum Gasteiger partial charge on any atom is -0.486 e. The molecule has 0 spiro atoms. The summed E-state index contributed by atoms with van der Waals surface area (Å²) in [5.74, 6) is -0.899. The summed E-state index contributed by atoms with van der Waals surface area (Å²) < 4.78 is 47.7. The molecule has 1 aliphatic heterocycles. The highest BCUT2D eigenvalue weighted by molar-refractivity contribution is 7.92. The fourth-order valence-electron chi connectivity index (χ4n) is 3.59. The zero-order valence-corrected chi connectivity index (χ0v) is 19.0. The molecule has 0 saturated carbocycles. The van der Waals surface area contributed by atoms with Crippen LogP contribution < -0.4 is 14.8 Å². The van der Waals surface area contributed by atoms with E-state index in [1.165, 1.54) is 6.07 Å². The van der Waals surface area contributed by atoms with Gasteiger partial charge in [-0.1, -0.05) is 13.0 Å². The summed E-state index contributed by atoms with van der Waals surface area (Å²) in [5.41, 5.74) is 0.296. The SMILES string of the molecule is CNC[C@@H]1Oc2c(NS(=O)(=O)c3ccc(F)cc3)cccc2C(=O)N([C@H](C)CO)C[C@H]1C. The molecule has 3 rings (SSSR count). The fraction of sp³-hybridized carbons (Fsp3) is 0.409. The van der Waals surface area contributed by atoms with Crippen LogP contribution in [0.4, 0.5) is 10.1 Å². The molecule has 1 aliphatic rings. The number of fused-ring (bicyclic) bond motifs is 1. The molecular formula is C22H28FN3O5S. The second-order valence-corrected chi connectivity index (χ2v) is 9.60. The molecule has 10 heteroatoms. The fourth-order valence-corrected chi connectivity index (χ4v) is 4.65. The van der Waals surface area contributed by atoms with Gasteiger partial charge in [0.05, 0.1) is 28.8 Å². The molecule has 1 amide bonds. The molecule has 2 aromatic rings. The minimum absolute atomic E-state index is 0.102. The largest absolute Gasteiger partial charge is 0.486 e. The Hall–Kier alpha value is -2.69. The van der Waals surface area contributed by atoms with Crippen molar-refractivity contribution in [2.24, 2.45) is 5.92 Å². The number of para-hydroxylation sites is 1. The van der Waals surface area contributed by atoms with E-state index in [1.54, 1.807) is 31.0 Å². The molecule has 8 nitrogen and oxygen atoms in total. The number of carbonyl (C=O) groups is 1. The number of aliphatic hydroxyl groups excluding tert-OH is 1. The van der Waals surface area contributed by atoms with Crippen LogP contribution in [0.1, 0.15) is 24.2 Å². The molecule has 0 aromatic heterocycles. The standard InChI is InChI=1S/C22H28FN3O5S/c1-14-12-26(15(2)13-27)22(28)18-5-4-6-19(21(18)31-20(14)11-24-3)25-32(29,30)17-9-7-16(23)8-10-17/h4-10,14-15,20,24-25,27H,11-13H2,1-3H3/t14-,15-,20+/m1/s1. The summed E-state index contributed by atoms with van der Waals surface area (Å²) in [5, 5.41) is 12.7. The van der Waals surface area contributed by atoms with Crippen molar-refractivity contribution in [1.29, 1.82) is 0 Å². The highest BCUT2D eigenvalue weighted by atomic mass is 32.2. The predicted octanol–water partition coefficient (Wildman–Crippen LogP) is 2.07. The molecule has 0 fully saturated rings. The Morgan fingerprint density at radius 2 is 1.94 bits per heavy atom. The van der Waals surface area contributed by atoms with Gasteiger partial charge in [-0.3, -0.25) is 9.52 Å². The molecule has 0 saturated heterocycles. The third-order valence-electron chi connectivity index (χ3n) is 5.46. The van der Waals surface area contributed by atoms with Crippen molar-refractivity contribution in [1.82, 2.24) is 10.2 Å². The number of sulfonamides is 1. The van der Waals surface area contributed by atoms with Gasteiger partial charge in [-0.2, -0.15) is 0 Å². The molecule has 1 heterocycles. The molecular weight excluding hydrogens is 437 g/mol. The van der Waals surface area contributed by atoms with Crippen LogP contribution in [0.5, 0.6) is 5.75 Å². The summed E-state index contributed by atoms with van der Waals surface area (Å²) >= 11 is 0. The van der Waals surface area contributed by atoms with Gasteiger partial charge in [0.15, 0.2) is 5.75 Å². The number of carbonyl (C=O) groups excluding carboxylic acids is 1. The van der Waals surface area contributed by atoms with Gasteiger partial charge in [0, 0.05) is 19.0 Å². The first-order valence-corrected chi connectivity index (χ1v) is 11.8. The Morgan fingerprint density at radius 1 is 1.25 bits per heavy atom. The lowest BCUT2D eigenvalue weighted by Crippen LogP contribution is -2.49. The summed E-state index contributed by atoms with van der Waals surface area (Å²) in [6, 6.07) is 8.65. The number of nitrogens with zero attached hydrogens (tertiary/aromatic N) is 1. The Morgan fingerprint density at radius 3 is 2.56 bits per heavy atom. The first-order chi connectivity index (χ1) is 15.2. The van der Waals surface area contributed by atoms with E-state index in [4.69, 9.17) is 4.74 Å². The maximum absolute atomic E-state index is 13.3. The van der Waals surface area contributed by atoms with Crippen molar-refractivity contribution in [2.75, 3.05) is 31.5 Å². The van der Waals surface area contributed by atoms with Crippen LogP contribution >= 0.6 is 0 Å². The number of nitrogens with one attached hydrogen (secondary N) is 2. The number of aliphatic hydroxyl groups is 1. The number of benzene rings is 2. The number of hydrogen-bond acceptors (Lipinski definition) is 6. The molecule has 0 aliphatic carbocycles. The van der Waals surface area contributed by atoms with Gasteiger partial charge in [0.2, 0.25) is 0 Å². The van der Waals surface area contributed by atoms with Gasteiger partial charge >= 0.3 is 0 Å². The van der Waals surface area contributed by atoms with E-state index in [1.807, 2.05) is 6.92 Å². The number of halogens is 1. The zero-order chi connectivity index (χ0) is 23.5. The second-order valence-electron chi connectivity index (χ2n) is 7.92.